The molecule has 2 aromatic rings. The summed E-state index contributed by atoms with van der Waals surface area (Å²) in [5, 5.41) is 12.8. The number of methoxy groups -OCH3 is 1. The van der Waals surface area contributed by atoms with Crippen LogP contribution in [0, 0.1) is 11.7 Å². The van der Waals surface area contributed by atoms with Gasteiger partial charge in [-0.15, -0.1) is 0 Å². The number of nitrogens with two attached hydrogens (primary N) is 1. The van der Waals surface area contributed by atoms with E-state index in [1.54, 1.807) is 4.57 Å². The van der Waals surface area contributed by atoms with Crippen molar-refractivity contribution in [2.45, 2.75) is 45.2 Å². The summed E-state index contributed by atoms with van der Waals surface area (Å²) in [6.07, 6.45) is 3.92. The van der Waals surface area contributed by atoms with Gasteiger partial charge in [-0.2, -0.15) is 0 Å². The van der Waals surface area contributed by atoms with Crippen LogP contribution in [-0.4, -0.2) is 48.4 Å². The number of hydrogen-bond acceptors (Lipinski definition) is 6. The molecule has 8 nitrogen and oxygen atoms in total. The van der Waals surface area contributed by atoms with Crippen LogP contribution in [0.5, 0.6) is 5.75 Å². The largest absolute Gasteiger partial charge is 0.492 e. The van der Waals surface area contributed by atoms with E-state index in [2.05, 4.69) is 19.2 Å². The molecule has 168 valence electrons. The summed E-state index contributed by atoms with van der Waals surface area (Å²) in [7, 11) is 1.44. The number of aromatic nitrogens is 1. The number of carboxylic acid groups (broad SMARTS) is 1. The molecule has 0 amide bonds. The Kier molecular flexibility index (Phi) is 5.55. The number of anilines is 2. The molecule has 1 aromatic heterocycles. The number of benzene rings is 1. The van der Waals surface area contributed by atoms with Crippen molar-refractivity contribution < 1.29 is 19.0 Å². The molecular formula is C22H29FN4O4. The number of pyridine rings is 1. The molecule has 1 saturated heterocycles. The highest BCUT2D eigenvalue weighted by atomic mass is 19.1. The van der Waals surface area contributed by atoms with Crippen LogP contribution in [0.25, 0.3) is 10.9 Å². The minimum atomic E-state index is -1.36. The average Bonchev–Trinajstić information content (AvgIpc) is 3.46. The lowest BCUT2D eigenvalue weighted by atomic mass is 10.0. The molecule has 1 aromatic carbocycles. The lowest BCUT2D eigenvalue weighted by molar-refractivity contribution is 0.0695. The fourth-order valence-electron chi connectivity index (χ4n) is 4.72. The summed E-state index contributed by atoms with van der Waals surface area (Å²) in [5.74, 6) is -1.52. The molecule has 4 rings (SSSR count). The van der Waals surface area contributed by atoms with E-state index in [4.69, 9.17) is 10.5 Å². The quantitative estimate of drug-likeness (QED) is 0.577. The smallest absolute Gasteiger partial charge is 0.341 e. The Morgan fingerprint density at radius 3 is 2.71 bits per heavy atom. The van der Waals surface area contributed by atoms with Crippen molar-refractivity contribution >= 4 is 28.2 Å². The van der Waals surface area contributed by atoms with E-state index in [9.17, 15) is 14.7 Å². The lowest BCUT2D eigenvalue weighted by Crippen LogP contribution is -2.35. The number of halogens is 1. The van der Waals surface area contributed by atoms with Gasteiger partial charge in [0.25, 0.3) is 0 Å². The van der Waals surface area contributed by atoms with Crippen molar-refractivity contribution in [2.24, 2.45) is 5.92 Å². The summed E-state index contributed by atoms with van der Waals surface area (Å²) in [4.78, 5) is 26.5. The molecule has 1 aliphatic carbocycles. The van der Waals surface area contributed by atoms with Crippen molar-refractivity contribution in [3.8, 4) is 5.75 Å². The maximum atomic E-state index is 15.6. The molecule has 4 N–H and O–H groups in total. The molecule has 0 radical (unpaired) electrons. The number of hydrogen-bond donors (Lipinski definition) is 3. The Hall–Kier alpha value is -2.81. The summed E-state index contributed by atoms with van der Waals surface area (Å²) in [6, 6.07) is 0.317. The van der Waals surface area contributed by atoms with Gasteiger partial charge < -0.3 is 30.4 Å². The first-order valence-corrected chi connectivity index (χ1v) is 10.7. The molecule has 2 fully saturated rings. The van der Waals surface area contributed by atoms with Crippen LogP contribution in [0.15, 0.2) is 11.0 Å². The standard InChI is InChI=1S/C22H29FN4O4/c1-4-25-11(2)12-7-8-26(9-12)19-16(23)17(24)15-18(21(19)31-3)27(13-5-6-13)10-14(20(15)28)22(29)30/h10-13,25H,4-9,24H2,1-3H3,(H,29,30)/t11-,12+/m1/s1. The third-order valence-corrected chi connectivity index (χ3v) is 6.53. The summed E-state index contributed by atoms with van der Waals surface area (Å²) >= 11 is 0. The van der Waals surface area contributed by atoms with Crippen LogP contribution in [0.4, 0.5) is 15.8 Å². The van der Waals surface area contributed by atoms with E-state index >= 15 is 4.39 Å². The van der Waals surface area contributed by atoms with Gasteiger partial charge >= 0.3 is 5.97 Å². The zero-order valence-corrected chi connectivity index (χ0v) is 18.1. The minimum absolute atomic E-state index is 0.0351. The van der Waals surface area contributed by atoms with Crippen molar-refractivity contribution in [2.75, 3.05) is 37.4 Å². The molecule has 2 atom stereocenters. The van der Waals surface area contributed by atoms with Gasteiger partial charge in [-0.1, -0.05) is 6.92 Å². The van der Waals surface area contributed by atoms with Crippen LogP contribution in [0.1, 0.15) is 49.5 Å². The maximum Gasteiger partial charge on any atom is 0.341 e. The molecule has 0 bridgehead atoms. The Balaban J connectivity index is 1.93. The second kappa shape index (κ2) is 8.03. The van der Waals surface area contributed by atoms with Crippen LogP contribution in [0.2, 0.25) is 0 Å². The first-order chi connectivity index (χ1) is 14.8. The van der Waals surface area contributed by atoms with E-state index in [0.29, 0.717) is 24.5 Å². The number of nitrogens with one attached hydrogen (secondary N) is 1. The van der Waals surface area contributed by atoms with Crippen molar-refractivity contribution in [3.05, 3.63) is 27.8 Å². The molecule has 1 aliphatic heterocycles. The monoisotopic (exact) mass is 432 g/mol. The van der Waals surface area contributed by atoms with Crippen LogP contribution in [0.3, 0.4) is 0 Å². The zero-order valence-electron chi connectivity index (χ0n) is 18.1. The predicted molar refractivity (Wildman–Crippen MR) is 118 cm³/mol. The van der Waals surface area contributed by atoms with E-state index in [0.717, 1.165) is 25.8 Å². The van der Waals surface area contributed by atoms with Gasteiger partial charge in [0.15, 0.2) is 11.6 Å². The van der Waals surface area contributed by atoms with Crippen LogP contribution in [-0.2, 0) is 0 Å². The van der Waals surface area contributed by atoms with Gasteiger partial charge in [0, 0.05) is 31.4 Å². The van der Waals surface area contributed by atoms with E-state index in [-0.39, 0.29) is 34.6 Å². The van der Waals surface area contributed by atoms with Gasteiger partial charge in [-0.3, -0.25) is 4.79 Å². The number of fused-ring (bicyclic) bond motifs is 1. The molecule has 0 spiro atoms. The molecule has 31 heavy (non-hydrogen) atoms. The minimum Gasteiger partial charge on any atom is -0.492 e. The number of carbonyl (C=O) groups is 1. The number of nitrogen functional groups attached to an aromatic ring is 1. The Morgan fingerprint density at radius 1 is 1.42 bits per heavy atom. The Morgan fingerprint density at radius 2 is 2.13 bits per heavy atom. The summed E-state index contributed by atoms with van der Waals surface area (Å²) in [5.41, 5.74) is 5.22. The van der Waals surface area contributed by atoms with Crippen LogP contribution >= 0.6 is 0 Å². The molecule has 9 heteroatoms. The van der Waals surface area contributed by atoms with Gasteiger partial charge in [-0.05, 0) is 38.6 Å². The van der Waals surface area contributed by atoms with Gasteiger partial charge in [0.1, 0.15) is 11.3 Å². The van der Waals surface area contributed by atoms with Gasteiger partial charge in [0.2, 0.25) is 5.43 Å². The molecular weight excluding hydrogens is 403 g/mol. The molecule has 0 unspecified atom stereocenters. The Labute approximate surface area is 179 Å². The van der Waals surface area contributed by atoms with Gasteiger partial charge in [-0.25, -0.2) is 9.18 Å². The molecule has 1 saturated carbocycles. The highest BCUT2D eigenvalue weighted by Crippen LogP contribution is 2.47. The number of aromatic carboxylic acids is 1. The van der Waals surface area contributed by atoms with E-state index in [1.165, 1.54) is 13.3 Å². The second-order valence-electron chi connectivity index (χ2n) is 8.49. The highest BCUT2D eigenvalue weighted by molar-refractivity contribution is 6.03. The van der Waals surface area contributed by atoms with Gasteiger partial charge in [0.05, 0.1) is 23.7 Å². The first-order valence-electron chi connectivity index (χ1n) is 10.7. The summed E-state index contributed by atoms with van der Waals surface area (Å²) < 4.78 is 23.0. The number of rotatable bonds is 7. The topological polar surface area (TPSA) is 110 Å². The SMILES string of the molecule is CCN[C@H](C)[C@H]1CCN(c2c(F)c(N)c3c(=O)c(C(=O)O)cn(C4CC4)c3c2OC)C1. The third-order valence-electron chi connectivity index (χ3n) is 6.53. The number of carboxylic acids is 1. The normalized spacial score (nSPS) is 19.7. The van der Waals surface area contributed by atoms with Crippen molar-refractivity contribution in [1.82, 2.24) is 9.88 Å². The van der Waals surface area contributed by atoms with Crippen molar-refractivity contribution in [1.29, 1.82) is 0 Å². The first kappa shape index (κ1) is 21.4. The third kappa shape index (κ3) is 3.50. The average molecular weight is 432 g/mol. The molecule has 2 heterocycles. The van der Waals surface area contributed by atoms with E-state index in [1.807, 2.05) is 4.90 Å². The molecule has 2 aliphatic rings. The predicted octanol–water partition coefficient (Wildman–Crippen LogP) is 2.59. The van der Waals surface area contributed by atoms with E-state index < -0.39 is 22.8 Å². The lowest BCUT2D eigenvalue weighted by Gasteiger charge is -2.26. The maximum absolute atomic E-state index is 15.6. The Bertz CT molecular complexity index is 1100. The fourth-order valence-corrected chi connectivity index (χ4v) is 4.72. The van der Waals surface area contributed by atoms with Crippen molar-refractivity contribution in [3.63, 3.8) is 0 Å². The fraction of sp³-hybridized carbons (Fsp3) is 0.545. The number of nitrogens with zero attached hydrogens (tertiary/aromatic N) is 2. The highest BCUT2D eigenvalue weighted by Gasteiger charge is 2.35. The summed E-state index contributed by atoms with van der Waals surface area (Å²) in [6.45, 7) is 6.31. The number of ether oxygens (including phenoxy) is 1. The van der Waals surface area contributed by atoms with Crippen LogP contribution < -0.4 is 26.1 Å². The second-order valence-corrected chi connectivity index (χ2v) is 8.49. The zero-order chi connectivity index (χ0) is 22.4.